The van der Waals surface area contributed by atoms with E-state index in [0.717, 1.165) is 12.8 Å². The minimum atomic E-state index is -0.453. The second-order valence-corrected chi connectivity index (χ2v) is 5.40. The molecule has 1 aliphatic carbocycles. The third-order valence-corrected chi connectivity index (χ3v) is 4.11. The van der Waals surface area contributed by atoms with Gasteiger partial charge in [0.25, 0.3) is 0 Å². The number of phenols is 1. The maximum Gasteiger partial charge on any atom is 0.164 e. The minimum Gasteiger partial charge on any atom is -0.504 e. The third-order valence-electron chi connectivity index (χ3n) is 3.54. The smallest absolute Gasteiger partial charge is 0.164 e. The van der Waals surface area contributed by atoms with Gasteiger partial charge in [0.1, 0.15) is 5.82 Å². The fourth-order valence-electron chi connectivity index (χ4n) is 2.27. The second kappa shape index (κ2) is 4.14. The van der Waals surface area contributed by atoms with Crippen molar-refractivity contribution < 1.29 is 14.2 Å². The topological polar surface area (TPSA) is 55.5 Å². The van der Waals surface area contributed by atoms with Crippen LogP contribution in [0.5, 0.6) is 11.5 Å². The Morgan fingerprint density at radius 1 is 1.59 bits per heavy atom. The van der Waals surface area contributed by atoms with Gasteiger partial charge in [-0.3, -0.25) is 0 Å². The summed E-state index contributed by atoms with van der Waals surface area (Å²) in [6.45, 7) is 1.83. The maximum atomic E-state index is 14.2. The second-order valence-electron chi connectivity index (χ2n) is 4.54. The van der Waals surface area contributed by atoms with Gasteiger partial charge in [0, 0.05) is 23.1 Å². The molecule has 0 aliphatic heterocycles. The van der Waals surface area contributed by atoms with E-state index in [-0.39, 0.29) is 27.6 Å². The van der Waals surface area contributed by atoms with Crippen LogP contribution in [0.4, 0.5) is 4.39 Å². The van der Waals surface area contributed by atoms with Crippen molar-refractivity contribution in [2.24, 2.45) is 5.73 Å². The van der Waals surface area contributed by atoms with Crippen LogP contribution in [0.25, 0.3) is 0 Å². The molecule has 0 bridgehead atoms. The standard InChI is InChI=1S/C12H15BrFNO2/c1-6(15)12(3-4-12)9-10(14)7(13)5-8(17-2)11(9)16/h5-6,16H,3-4,15H2,1-2H3. The van der Waals surface area contributed by atoms with Crippen molar-refractivity contribution in [2.75, 3.05) is 7.11 Å². The summed E-state index contributed by atoms with van der Waals surface area (Å²) in [5, 5.41) is 10.1. The average Bonchev–Trinajstić information content (AvgIpc) is 3.05. The molecule has 0 aromatic heterocycles. The maximum absolute atomic E-state index is 14.2. The SMILES string of the molecule is COc1cc(Br)c(F)c(C2(C(C)N)CC2)c1O. The first-order chi connectivity index (χ1) is 7.94. The fraction of sp³-hybridized carbons (Fsp3) is 0.500. The quantitative estimate of drug-likeness (QED) is 0.902. The molecule has 2 rings (SSSR count). The zero-order valence-corrected chi connectivity index (χ0v) is 11.3. The summed E-state index contributed by atoms with van der Waals surface area (Å²) in [6.07, 6.45) is 1.57. The van der Waals surface area contributed by atoms with E-state index < -0.39 is 11.2 Å². The number of benzene rings is 1. The highest BCUT2D eigenvalue weighted by Crippen LogP contribution is 2.56. The molecule has 0 heterocycles. The van der Waals surface area contributed by atoms with Crippen molar-refractivity contribution in [3.8, 4) is 11.5 Å². The number of hydrogen-bond donors (Lipinski definition) is 2. The van der Waals surface area contributed by atoms with Crippen molar-refractivity contribution >= 4 is 15.9 Å². The van der Waals surface area contributed by atoms with Crippen LogP contribution in [0, 0.1) is 5.82 Å². The molecule has 1 atom stereocenters. The zero-order valence-electron chi connectivity index (χ0n) is 9.76. The molecule has 0 amide bonds. The largest absolute Gasteiger partial charge is 0.504 e. The Balaban J connectivity index is 2.64. The molecule has 1 aromatic carbocycles. The first-order valence-electron chi connectivity index (χ1n) is 5.45. The number of methoxy groups -OCH3 is 1. The highest BCUT2D eigenvalue weighted by atomic mass is 79.9. The molecule has 0 saturated heterocycles. The Morgan fingerprint density at radius 2 is 2.18 bits per heavy atom. The van der Waals surface area contributed by atoms with Gasteiger partial charge in [-0.15, -0.1) is 0 Å². The summed E-state index contributed by atoms with van der Waals surface area (Å²) in [6, 6.07) is 1.22. The zero-order chi connectivity index (χ0) is 12.8. The van der Waals surface area contributed by atoms with Crippen LogP contribution in [0.1, 0.15) is 25.3 Å². The highest BCUT2D eigenvalue weighted by Gasteiger charge is 2.51. The first kappa shape index (κ1) is 12.6. The number of halogens is 2. The summed E-state index contributed by atoms with van der Waals surface area (Å²) in [7, 11) is 1.44. The van der Waals surface area contributed by atoms with Crippen LogP contribution >= 0.6 is 15.9 Å². The van der Waals surface area contributed by atoms with Crippen molar-refractivity contribution in [3.63, 3.8) is 0 Å². The number of nitrogens with two attached hydrogens (primary N) is 1. The van der Waals surface area contributed by atoms with Gasteiger partial charge in [0.05, 0.1) is 11.6 Å². The van der Waals surface area contributed by atoms with Crippen LogP contribution in [-0.2, 0) is 5.41 Å². The average molecular weight is 304 g/mol. The summed E-state index contributed by atoms with van der Waals surface area (Å²) in [5.41, 5.74) is 5.73. The highest BCUT2D eigenvalue weighted by molar-refractivity contribution is 9.10. The number of ether oxygens (including phenoxy) is 1. The van der Waals surface area contributed by atoms with E-state index >= 15 is 0 Å². The Morgan fingerprint density at radius 3 is 2.59 bits per heavy atom. The van der Waals surface area contributed by atoms with Crippen LogP contribution in [0.15, 0.2) is 10.5 Å². The van der Waals surface area contributed by atoms with Gasteiger partial charge in [-0.25, -0.2) is 4.39 Å². The van der Waals surface area contributed by atoms with Gasteiger partial charge in [-0.1, -0.05) is 0 Å². The van der Waals surface area contributed by atoms with Gasteiger partial charge in [0.2, 0.25) is 0 Å². The van der Waals surface area contributed by atoms with Crippen molar-refractivity contribution in [2.45, 2.75) is 31.2 Å². The number of phenolic OH excluding ortho intramolecular Hbond substituents is 1. The monoisotopic (exact) mass is 303 g/mol. The molecule has 1 aliphatic rings. The van der Waals surface area contributed by atoms with Gasteiger partial charge in [-0.05, 0) is 35.7 Å². The molecule has 0 radical (unpaired) electrons. The first-order valence-corrected chi connectivity index (χ1v) is 6.24. The van der Waals surface area contributed by atoms with Crippen molar-refractivity contribution in [1.82, 2.24) is 0 Å². The lowest BCUT2D eigenvalue weighted by Crippen LogP contribution is -2.32. The normalized spacial score (nSPS) is 18.9. The fourth-order valence-corrected chi connectivity index (χ4v) is 2.68. The molecule has 3 N–H and O–H groups in total. The Hall–Kier alpha value is -0.810. The van der Waals surface area contributed by atoms with E-state index in [1.165, 1.54) is 13.2 Å². The van der Waals surface area contributed by atoms with Gasteiger partial charge >= 0.3 is 0 Å². The van der Waals surface area contributed by atoms with Gasteiger partial charge < -0.3 is 15.6 Å². The summed E-state index contributed by atoms with van der Waals surface area (Å²) in [4.78, 5) is 0. The molecule has 1 aromatic rings. The molecule has 1 fully saturated rings. The van der Waals surface area contributed by atoms with Crippen LogP contribution in [-0.4, -0.2) is 18.3 Å². The molecule has 5 heteroatoms. The van der Waals surface area contributed by atoms with E-state index in [9.17, 15) is 9.50 Å². The molecule has 17 heavy (non-hydrogen) atoms. The van der Waals surface area contributed by atoms with Crippen LogP contribution in [0.2, 0.25) is 0 Å². The molecule has 1 saturated carbocycles. The lowest BCUT2D eigenvalue weighted by molar-refractivity contribution is 0.358. The van der Waals surface area contributed by atoms with E-state index in [0.29, 0.717) is 0 Å². The number of hydrogen-bond acceptors (Lipinski definition) is 3. The Kier molecular flexibility index (Phi) is 3.08. The summed E-state index contributed by atoms with van der Waals surface area (Å²) in [5.74, 6) is -0.318. The predicted molar refractivity (Wildman–Crippen MR) is 66.9 cm³/mol. The summed E-state index contributed by atoms with van der Waals surface area (Å²) < 4.78 is 19.5. The van der Waals surface area contributed by atoms with Crippen LogP contribution < -0.4 is 10.5 Å². The lowest BCUT2D eigenvalue weighted by Gasteiger charge is -2.23. The van der Waals surface area contributed by atoms with E-state index in [1.807, 2.05) is 6.92 Å². The van der Waals surface area contributed by atoms with Gasteiger partial charge in [-0.2, -0.15) is 0 Å². The molecule has 3 nitrogen and oxygen atoms in total. The van der Waals surface area contributed by atoms with E-state index in [1.54, 1.807) is 0 Å². The minimum absolute atomic E-state index is 0.136. The third kappa shape index (κ3) is 1.81. The number of rotatable bonds is 3. The molecule has 94 valence electrons. The van der Waals surface area contributed by atoms with E-state index in [2.05, 4.69) is 15.9 Å². The predicted octanol–water partition coefficient (Wildman–Crippen LogP) is 2.68. The van der Waals surface area contributed by atoms with Gasteiger partial charge in [0.15, 0.2) is 11.5 Å². The Labute approximate surface area is 108 Å². The molecule has 1 unspecified atom stereocenters. The van der Waals surface area contributed by atoms with Crippen molar-refractivity contribution in [1.29, 1.82) is 0 Å². The molecule has 0 spiro atoms. The van der Waals surface area contributed by atoms with Crippen LogP contribution in [0.3, 0.4) is 0 Å². The van der Waals surface area contributed by atoms with Crippen molar-refractivity contribution in [3.05, 3.63) is 21.9 Å². The molecular weight excluding hydrogens is 289 g/mol. The van der Waals surface area contributed by atoms with E-state index in [4.69, 9.17) is 10.5 Å². The molecular formula is C12H15BrFNO2. The Bertz CT molecular complexity index is 458. The number of aromatic hydroxyl groups is 1. The lowest BCUT2D eigenvalue weighted by atomic mass is 9.88. The summed E-state index contributed by atoms with van der Waals surface area (Å²) >= 11 is 3.13.